The molecule has 0 heterocycles. The summed E-state index contributed by atoms with van der Waals surface area (Å²) in [7, 11) is 0. The Morgan fingerprint density at radius 3 is 1.80 bits per heavy atom. The Morgan fingerprint density at radius 2 is 1.45 bits per heavy atom. The Hall–Kier alpha value is -1.24. The van der Waals surface area contributed by atoms with E-state index < -0.39 is 34.4 Å². The standard InChI is InChI=1S/C13H23NO5S/c1-12(2,3)18-10(16)8(7-9(15)20)14-11(17)19-13(4,5)6/h8H,7H2,1-6H3,(H,14,17)(H,15,20)/t8-/m0/s1. The van der Waals surface area contributed by atoms with E-state index in [1.807, 2.05) is 0 Å². The Kier molecular flexibility index (Phi) is 6.53. The Labute approximate surface area is 125 Å². The number of hydrogen-bond donors (Lipinski definition) is 2. The van der Waals surface area contributed by atoms with Gasteiger partial charge in [-0.1, -0.05) is 0 Å². The number of nitrogens with one attached hydrogen (secondary N) is 1. The minimum Gasteiger partial charge on any atom is -0.458 e. The maximum atomic E-state index is 11.9. The first-order valence-electron chi connectivity index (χ1n) is 6.24. The Balaban J connectivity index is 4.77. The maximum absolute atomic E-state index is 11.9. The van der Waals surface area contributed by atoms with Crippen molar-refractivity contribution in [2.24, 2.45) is 0 Å². The average molecular weight is 305 g/mol. The van der Waals surface area contributed by atoms with Crippen molar-refractivity contribution in [3.63, 3.8) is 0 Å². The molecule has 6 nitrogen and oxygen atoms in total. The van der Waals surface area contributed by atoms with Crippen LogP contribution < -0.4 is 5.32 Å². The van der Waals surface area contributed by atoms with Crippen molar-refractivity contribution in [3.8, 4) is 0 Å². The van der Waals surface area contributed by atoms with Crippen molar-refractivity contribution in [2.75, 3.05) is 0 Å². The lowest BCUT2D eigenvalue weighted by atomic mass is 10.1. The van der Waals surface area contributed by atoms with Gasteiger partial charge in [-0.25, -0.2) is 9.59 Å². The van der Waals surface area contributed by atoms with Crippen LogP contribution in [0.2, 0.25) is 0 Å². The van der Waals surface area contributed by atoms with E-state index in [1.165, 1.54) is 0 Å². The first-order chi connectivity index (χ1) is 8.80. The molecule has 0 spiro atoms. The minimum absolute atomic E-state index is 0.267. The number of alkyl carbamates (subject to hydrolysis) is 1. The molecule has 0 rings (SSSR count). The van der Waals surface area contributed by atoms with Gasteiger partial charge in [0.1, 0.15) is 17.2 Å². The van der Waals surface area contributed by atoms with Gasteiger partial charge in [0.2, 0.25) is 0 Å². The smallest absolute Gasteiger partial charge is 0.408 e. The monoisotopic (exact) mass is 305 g/mol. The molecule has 0 aliphatic carbocycles. The molecule has 0 fully saturated rings. The summed E-state index contributed by atoms with van der Waals surface area (Å²) in [4.78, 5) is 34.6. The number of amides is 1. The normalized spacial score (nSPS) is 13.3. The second kappa shape index (κ2) is 6.97. The highest BCUT2D eigenvalue weighted by Gasteiger charge is 2.29. The summed E-state index contributed by atoms with van der Waals surface area (Å²) in [6.07, 6.45) is -1.06. The van der Waals surface area contributed by atoms with E-state index in [0.717, 1.165) is 0 Å². The predicted molar refractivity (Wildman–Crippen MR) is 77.6 cm³/mol. The summed E-state index contributed by atoms with van der Waals surface area (Å²) in [5.41, 5.74) is -1.42. The van der Waals surface area contributed by atoms with E-state index >= 15 is 0 Å². The molecule has 0 saturated heterocycles. The number of esters is 1. The summed E-state index contributed by atoms with van der Waals surface area (Å²) >= 11 is 3.61. The van der Waals surface area contributed by atoms with Crippen LogP contribution in [0.15, 0.2) is 0 Å². The average Bonchev–Trinajstić information content (AvgIpc) is 2.09. The topological polar surface area (TPSA) is 81.7 Å². The van der Waals surface area contributed by atoms with Gasteiger partial charge in [-0.05, 0) is 41.5 Å². The van der Waals surface area contributed by atoms with Crippen LogP contribution in [0.5, 0.6) is 0 Å². The molecule has 0 unspecified atom stereocenters. The van der Waals surface area contributed by atoms with E-state index in [1.54, 1.807) is 41.5 Å². The summed E-state index contributed by atoms with van der Waals surface area (Å²) in [5.74, 6) is -0.703. The minimum atomic E-state index is -1.12. The molecule has 20 heavy (non-hydrogen) atoms. The fourth-order valence-corrected chi connectivity index (χ4v) is 1.37. The van der Waals surface area contributed by atoms with Crippen molar-refractivity contribution in [3.05, 3.63) is 0 Å². The van der Waals surface area contributed by atoms with Crippen molar-refractivity contribution in [1.82, 2.24) is 5.32 Å². The fourth-order valence-electron chi connectivity index (χ4n) is 1.19. The highest BCUT2D eigenvalue weighted by Crippen LogP contribution is 2.12. The molecule has 0 radical (unpaired) electrons. The molecule has 0 aliphatic rings. The lowest BCUT2D eigenvalue weighted by Gasteiger charge is -2.25. The summed E-state index contributed by atoms with van der Waals surface area (Å²) < 4.78 is 10.2. The van der Waals surface area contributed by atoms with Crippen LogP contribution in [0.1, 0.15) is 48.0 Å². The number of thiol groups is 1. The lowest BCUT2D eigenvalue weighted by Crippen LogP contribution is -2.46. The third-order valence-electron chi connectivity index (χ3n) is 1.76. The van der Waals surface area contributed by atoms with Gasteiger partial charge in [-0.3, -0.25) is 4.79 Å². The fraction of sp³-hybridized carbons (Fsp3) is 0.769. The SMILES string of the molecule is CC(C)(C)OC(=O)N[C@@H](CC(=O)S)C(=O)OC(C)(C)C. The molecule has 0 bridgehead atoms. The molecule has 7 heteroatoms. The van der Waals surface area contributed by atoms with Crippen molar-refractivity contribution >= 4 is 29.8 Å². The Morgan fingerprint density at radius 1 is 1.00 bits per heavy atom. The zero-order chi connectivity index (χ0) is 16.1. The highest BCUT2D eigenvalue weighted by molar-refractivity contribution is 7.96. The first kappa shape index (κ1) is 18.8. The van der Waals surface area contributed by atoms with E-state index in [2.05, 4.69) is 17.9 Å². The third kappa shape index (κ3) is 9.66. The molecule has 0 saturated carbocycles. The quantitative estimate of drug-likeness (QED) is 0.614. The zero-order valence-electron chi connectivity index (χ0n) is 12.8. The molecule has 0 aliphatic heterocycles. The van der Waals surface area contributed by atoms with Crippen LogP contribution >= 0.6 is 12.6 Å². The van der Waals surface area contributed by atoms with Crippen LogP contribution in [0.4, 0.5) is 4.79 Å². The molecule has 0 aromatic carbocycles. The van der Waals surface area contributed by atoms with Crippen molar-refractivity contribution in [1.29, 1.82) is 0 Å². The van der Waals surface area contributed by atoms with Gasteiger partial charge in [-0.2, -0.15) is 0 Å². The first-order valence-corrected chi connectivity index (χ1v) is 6.69. The van der Waals surface area contributed by atoms with E-state index in [4.69, 9.17) is 9.47 Å². The molecule has 1 atom stereocenters. The van der Waals surface area contributed by atoms with Crippen LogP contribution in [-0.2, 0) is 19.1 Å². The van der Waals surface area contributed by atoms with Gasteiger partial charge in [-0.15, -0.1) is 12.6 Å². The number of carbonyl (C=O) groups is 3. The molecule has 116 valence electrons. The molecule has 0 aromatic rings. The van der Waals surface area contributed by atoms with Gasteiger partial charge in [0.05, 0.1) is 0 Å². The molecule has 0 aromatic heterocycles. The number of rotatable bonds is 4. The van der Waals surface area contributed by atoms with Gasteiger partial charge >= 0.3 is 12.1 Å². The van der Waals surface area contributed by atoms with Gasteiger partial charge in [0, 0.05) is 6.42 Å². The molecular weight excluding hydrogens is 282 g/mol. The Bertz CT molecular complexity index is 381. The van der Waals surface area contributed by atoms with Crippen LogP contribution in [0.3, 0.4) is 0 Å². The van der Waals surface area contributed by atoms with Gasteiger partial charge in [0.15, 0.2) is 5.12 Å². The highest BCUT2D eigenvalue weighted by atomic mass is 32.1. The molecular formula is C13H23NO5S. The van der Waals surface area contributed by atoms with Crippen LogP contribution in [0, 0.1) is 0 Å². The van der Waals surface area contributed by atoms with Crippen LogP contribution in [0.25, 0.3) is 0 Å². The maximum Gasteiger partial charge on any atom is 0.408 e. The largest absolute Gasteiger partial charge is 0.458 e. The predicted octanol–water partition coefficient (Wildman–Crippen LogP) is 2.07. The summed E-state index contributed by atoms with van der Waals surface area (Å²) in [5, 5.41) is 1.79. The third-order valence-corrected chi connectivity index (χ3v) is 1.94. The number of carbonyl (C=O) groups excluding carboxylic acids is 3. The van der Waals surface area contributed by atoms with E-state index in [-0.39, 0.29) is 6.42 Å². The second-order valence-corrected chi connectivity index (χ2v) is 6.83. The molecule has 1 N–H and O–H groups in total. The second-order valence-electron chi connectivity index (χ2n) is 6.33. The molecule has 1 amide bonds. The summed E-state index contributed by atoms with van der Waals surface area (Å²) in [6, 6.07) is -1.12. The lowest BCUT2D eigenvalue weighted by molar-refractivity contribution is -0.158. The van der Waals surface area contributed by atoms with Crippen molar-refractivity contribution in [2.45, 2.75) is 65.2 Å². The van der Waals surface area contributed by atoms with Gasteiger partial charge < -0.3 is 14.8 Å². The summed E-state index contributed by atoms with van der Waals surface area (Å²) in [6.45, 7) is 10.2. The number of ether oxygens (including phenoxy) is 2. The van der Waals surface area contributed by atoms with Crippen molar-refractivity contribution < 1.29 is 23.9 Å². The van der Waals surface area contributed by atoms with Crippen LogP contribution in [-0.4, -0.2) is 34.4 Å². The number of hydrogen-bond acceptors (Lipinski definition) is 5. The zero-order valence-corrected chi connectivity index (χ0v) is 13.7. The van der Waals surface area contributed by atoms with Gasteiger partial charge in [0.25, 0.3) is 0 Å². The van der Waals surface area contributed by atoms with E-state index in [0.29, 0.717) is 0 Å². The van der Waals surface area contributed by atoms with E-state index in [9.17, 15) is 14.4 Å².